The fraction of sp³-hybridized carbons (Fsp3) is 0.647. The van der Waals surface area contributed by atoms with Crippen molar-refractivity contribution in [2.75, 3.05) is 13.2 Å². The van der Waals surface area contributed by atoms with Gasteiger partial charge in [-0.2, -0.15) is 0 Å². The van der Waals surface area contributed by atoms with Gasteiger partial charge >= 0.3 is 0 Å². The lowest BCUT2D eigenvalue weighted by molar-refractivity contribution is 0.147. The molecule has 0 heterocycles. The van der Waals surface area contributed by atoms with Gasteiger partial charge in [-0.3, -0.25) is 0 Å². The second kappa shape index (κ2) is 8.28. The first-order chi connectivity index (χ1) is 9.50. The molecule has 3 nitrogen and oxygen atoms in total. The van der Waals surface area contributed by atoms with Crippen molar-refractivity contribution in [2.45, 2.75) is 58.5 Å². The maximum atomic E-state index is 9.53. The van der Waals surface area contributed by atoms with Crippen LogP contribution in [0.5, 0.6) is 5.75 Å². The third-order valence-corrected chi connectivity index (χ3v) is 3.47. The van der Waals surface area contributed by atoms with Gasteiger partial charge in [0.25, 0.3) is 0 Å². The second-order valence-electron chi connectivity index (χ2n) is 5.93. The van der Waals surface area contributed by atoms with Gasteiger partial charge in [0.15, 0.2) is 0 Å². The van der Waals surface area contributed by atoms with Crippen molar-refractivity contribution in [1.82, 2.24) is 5.32 Å². The molecule has 114 valence electrons. The Morgan fingerprint density at radius 1 is 1.30 bits per heavy atom. The second-order valence-corrected chi connectivity index (χ2v) is 5.93. The van der Waals surface area contributed by atoms with Gasteiger partial charge in [0, 0.05) is 11.6 Å². The average molecular weight is 279 g/mol. The first-order valence-electron chi connectivity index (χ1n) is 7.60. The van der Waals surface area contributed by atoms with Crippen LogP contribution < -0.4 is 10.1 Å². The quantitative estimate of drug-likeness (QED) is 0.682. The lowest BCUT2D eigenvalue weighted by Gasteiger charge is -2.31. The van der Waals surface area contributed by atoms with Crippen LogP contribution in [0, 0.1) is 0 Å². The van der Waals surface area contributed by atoms with E-state index in [1.807, 2.05) is 18.2 Å². The van der Waals surface area contributed by atoms with Gasteiger partial charge in [-0.25, -0.2) is 0 Å². The Labute approximate surface area is 123 Å². The summed E-state index contributed by atoms with van der Waals surface area (Å²) >= 11 is 0. The van der Waals surface area contributed by atoms with E-state index in [0.717, 1.165) is 25.0 Å². The Balaban J connectivity index is 2.40. The molecule has 0 bridgehead atoms. The smallest absolute Gasteiger partial charge is 0.122 e. The zero-order valence-electron chi connectivity index (χ0n) is 13.3. The molecule has 1 aromatic rings. The molecule has 20 heavy (non-hydrogen) atoms. The summed E-state index contributed by atoms with van der Waals surface area (Å²) in [5, 5.41) is 13.0. The molecule has 2 N–H and O–H groups in total. The van der Waals surface area contributed by atoms with E-state index in [0.29, 0.717) is 12.6 Å². The largest absolute Gasteiger partial charge is 0.493 e. The molecule has 1 aromatic carbocycles. The fourth-order valence-corrected chi connectivity index (χ4v) is 2.47. The van der Waals surface area contributed by atoms with Crippen LogP contribution in [-0.4, -0.2) is 29.9 Å². The Morgan fingerprint density at radius 2 is 2.00 bits per heavy atom. The number of aryl methyl sites for hydroxylation is 1. The maximum absolute atomic E-state index is 9.53. The van der Waals surface area contributed by atoms with E-state index in [1.54, 1.807) is 0 Å². The van der Waals surface area contributed by atoms with Crippen molar-refractivity contribution in [3.8, 4) is 5.75 Å². The average Bonchev–Trinajstić information content (AvgIpc) is 2.43. The van der Waals surface area contributed by atoms with Crippen LogP contribution in [0.25, 0.3) is 0 Å². The van der Waals surface area contributed by atoms with Crippen LogP contribution in [0.15, 0.2) is 24.3 Å². The number of nitrogens with one attached hydrogen (secondary N) is 1. The monoisotopic (exact) mass is 279 g/mol. The lowest BCUT2D eigenvalue weighted by Crippen LogP contribution is -2.49. The number of rotatable bonds is 9. The number of ether oxygens (including phenoxy) is 1. The van der Waals surface area contributed by atoms with Crippen LogP contribution in [0.4, 0.5) is 0 Å². The van der Waals surface area contributed by atoms with Gasteiger partial charge in [-0.1, -0.05) is 39.0 Å². The highest BCUT2D eigenvalue weighted by atomic mass is 16.5. The summed E-state index contributed by atoms with van der Waals surface area (Å²) in [7, 11) is 0. The number of hydrogen-bond acceptors (Lipinski definition) is 3. The zero-order chi connectivity index (χ0) is 15.0. The lowest BCUT2D eigenvalue weighted by atomic mass is 9.96. The van der Waals surface area contributed by atoms with Gasteiger partial charge in [-0.15, -0.1) is 0 Å². The first-order valence-corrected chi connectivity index (χ1v) is 7.60. The van der Waals surface area contributed by atoms with Gasteiger partial charge in [0.05, 0.1) is 13.2 Å². The third-order valence-electron chi connectivity index (χ3n) is 3.47. The van der Waals surface area contributed by atoms with Crippen LogP contribution in [-0.2, 0) is 6.42 Å². The molecule has 0 radical (unpaired) electrons. The number of benzene rings is 1. The fourth-order valence-electron chi connectivity index (χ4n) is 2.47. The van der Waals surface area contributed by atoms with Crippen LogP contribution in [0.3, 0.4) is 0 Å². The van der Waals surface area contributed by atoms with Gasteiger partial charge in [0.1, 0.15) is 5.75 Å². The zero-order valence-corrected chi connectivity index (χ0v) is 13.3. The van der Waals surface area contributed by atoms with Gasteiger partial charge < -0.3 is 15.2 Å². The van der Waals surface area contributed by atoms with Gasteiger partial charge in [-0.05, 0) is 37.8 Å². The molecular weight excluding hydrogens is 250 g/mol. The summed E-state index contributed by atoms with van der Waals surface area (Å²) in [5.74, 6) is 0.984. The van der Waals surface area contributed by atoms with E-state index < -0.39 is 0 Å². The molecule has 0 aliphatic rings. The van der Waals surface area contributed by atoms with Crippen LogP contribution in [0.2, 0.25) is 0 Å². The Hall–Kier alpha value is -1.06. The first kappa shape index (κ1) is 17.0. The number of aliphatic hydroxyl groups is 1. The van der Waals surface area contributed by atoms with Crippen molar-refractivity contribution < 1.29 is 9.84 Å². The van der Waals surface area contributed by atoms with Crippen molar-refractivity contribution in [3.05, 3.63) is 29.8 Å². The summed E-state index contributed by atoms with van der Waals surface area (Å²) in [6, 6.07) is 8.55. The molecule has 1 unspecified atom stereocenters. The van der Waals surface area contributed by atoms with Crippen molar-refractivity contribution >= 4 is 0 Å². The minimum absolute atomic E-state index is 0.150. The number of para-hydroxylation sites is 1. The predicted molar refractivity (Wildman–Crippen MR) is 84.3 cm³/mol. The summed E-state index contributed by atoms with van der Waals surface area (Å²) in [5.41, 5.74) is 1.03. The van der Waals surface area contributed by atoms with Gasteiger partial charge in [0.2, 0.25) is 0 Å². The summed E-state index contributed by atoms with van der Waals surface area (Å²) in [6.45, 7) is 9.23. The standard InChI is InChI=1S/C17H29NO2/c1-5-15-9-6-7-10-16(15)20-12-8-11-17(4,13-19)18-14(2)3/h6-7,9-10,14,18-19H,5,8,11-13H2,1-4H3. The molecule has 0 aromatic heterocycles. The van der Waals surface area contributed by atoms with Crippen LogP contribution >= 0.6 is 0 Å². The van der Waals surface area contributed by atoms with E-state index in [4.69, 9.17) is 4.74 Å². The molecule has 0 amide bonds. The predicted octanol–water partition coefficient (Wildman–Crippen LogP) is 3.16. The molecule has 1 rings (SSSR count). The summed E-state index contributed by atoms with van der Waals surface area (Å²) < 4.78 is 5.86. The summed E-state index contributed by atoms with van der Waals surface area (Å²) in [4.78, 5) is 0. The van der Waals surface area contributed by atoms with E-state index in [-0.39, 0.29) is 12.1 Å². The third kappa shape index (κ3) is 5.51. The Kier molecular flexibility index (Phi) is 7.03. The maximum Gasteiger partial charge on any atom is 0.122 e. The molecule has 1 atom stereocenters. The van der Waals surface area contributed by atoms with Crippen molar-refractivity contribution in [1.29, 1.82) is 0 Å². The topological polar surface area (TPSA) is 41.5 Å². The number of hydrogen-bond donors (Lipinski definition) is 2. The van der Waals surface area contributed by atoms with E-state index in [9.17, 15) is 5.11 Å². The molecular formula is C17H29NO2. The van der Waals surface area contributed by atoms with Crippen LogP contribution in [0.1, 0.15) is 46.1 Å². The highest BCUT2D eigenvalue weighted by molar-refractivity contribution is 5.33. The number of aliphatic hydroxyl groups excluding tert-OH is 1. The highest BCUT2D eigenvalue weighted by Crippen LogP contribution is 2.19. The molecule has 0 fully saturated rings. The highest BCUT2D eigenvalue weighted by Gasteiger charge is 2.23. The SMILES string of the molecule is CCc1ccccc1OCCCC(C)(CO)NC(C)C. The minimum atomic E-state index is -0.220. The Morgan fingerprint density at radius 3 is 2.60 bits per heavy atom. The molecule has 0 spiro atoms. The van der Waals surface area contributed by atoms with Crippen molar-refractivity contribution in [3.63, 3.8) is 0 Å². The molecule has 0 aliphatic carbocycles. The van der Waals surface area contributed by atoms with E-state index >= 15 is 0 Å². The molecule has 0 aliphatic heterocycles. The molecule has 0 saturated heterocycles. The van der Waals surface area contributed by atoms with E-state index in [2.05, 4.69) is 39.1 Å². The Bertz CT molecular complexity index is 392. The van der Waals surface area contributed by atoms with Crippen molar-refractivity contribution in [2.24, 2.45) is 0 Å². The molecule has 0 saturated carbocycles. The summed E-state index contributed by atoms with van der Waals surface area (Å²) in [6.07, 6.45) is 2.81. The minimum Gasteiger partial charge on any atom is -0.493 e. The van der Waals surface area contributed by atoms with E-state index in [1.165, 1.54) is 5.56 Å². The normalized spacial score (nSPS) is 14.3. The molecule has 3 heteroatoms.